The number of anilines is 1. The Morgan fingerprint density at radius 3 is 2.38 bits per heavy atom. The first kappa shape index (κ1) is 23.4. The summed E-state index contributed by atoms with van der Waals surface area (Å²) in [6.07, 6.45) is 3.52. The largest absolute Gasteiger partial charge is 0.497 e. The number of fused-ring (bicyclic) bond motifs is 1. The molecular formula is C28H30N6O3. The maximum Gasteiger partial charge on any atom is 0.253 e. The molecule has 2 aromatic carbocycles. The molecule has 190 valence electrons. The SMILES string of the molecule is COc1ccc(C(=O)N2CCC(n3ncc4c(N5CCOCC5)nc(-c5ccccc5)nc43)CC2)cc1. The predicted molar refractivity (Wildman–Crippen MR) is 141 cm³/mol. The van der Waals surface area contributed by atoms with Gasteiger partial charge in [-0.05, 0) is 37.1 Å². The van der Waals surface area contributed by atoms with Crippen molar-refractivity contribution in [2.24, 2.45) is 0 Å². The molecule has 2 aromatic heterocycles. The summed E-state index contributed by atoms with van der Waals surface area (Å²) in [5, 5.41) is 5.75. The number of nitrogens with zero attached hydrogens (tertiary/aromatic N) is 6. The molecule has 0 unspecified atom stereocenters. The fraction of sp³-hybridized carbons (Fsp3) is 0.357. The maximum atomic E-state index is 13.1. The van der Waals surface area contributed by atoms with Gasteiger partial charge in [-0.1, -0.05) is 30.3 Å². The van der Waals surface area contributed by atoms with E-state index >= 15 is 0 Å². The quantitative estimate of drug-likeness (QED) is 0.414. The Morgan fingerprint density at radius 1 is 0.946 bits per heavy atom. The number of carbonyl (C=O) groups excluding carboxylic acids is 1. The Balaban J connectivity index is 1.27. The zero-order valence-corrected chi connectivity index (χ0v) is 20.9. The van der Waals surface area contributed by atoms with Gasteiger partial charge < -0.3 is 19.3 Å². The first-order valence-electron chi connectivity index (χ1n) is 12.8. The Hall–Kier alpha value is -3.98. The molecule has 0 radical (unpaired) electrons. The average Bonchev–Trinajstić information content (AvgIpc) is 3.41. The number of morpholine rings is 1. The van der Waals surface area contributed by atoms with Crippen LogP contribution in [-0.4, -0.2) is 77.1 Å². The molecule has 0 saturated carbocycles. The number of amides is 1. The summed E-state index contributed by atoms with van der Waals surface area (Å²) in [5.74, 6) is 2.40. The topological polar surface area (TPSA) is 85.6 Å². The average molecular weight is 499 g/mol. The van der Waals surface area contributed by atoms with Crippen molar-refractivity contribution in [3.63, 3.8) is 0 Å². The van der Waals surface area contributed by atoms with Gasteiger partial charge in [0, 0.05) is 37.3 Å². The second-order valence-corrected chi connectivity index (χ2v) is 9.41. The molecule has 0 N–H and O–H groups in total. The number of carbonyl (C=O) groups is 1. The number of methoxy groups -OCH3 is 1. The van der Waals surface area contributed by atoms with Crippen LogP contribution < -0.4 is 9.64 Å². The Bertz CT molecular complexity index is 1370. The van der Waals surface area contributed by atoms with Crippen molar-refractivity contribution in [3.05, 3.63) is 66.4 Å². The van der Waals surface area contributed by atoms with Crippen molar-refractivity contribution in [2.75, 3.05) is 51.4 Å². The molecule has 9 heteroatoms. The number of hydrogen-bond donors (Lipinski definition) is 0. The van der Waals surface area contributed by atoms with E-state index in [0.29, 0.717) is 37.7 Å². The Kier molecular flexibility index (Phi) is 6.44. The van der Waals surface area contributed by atoms with Gasteiger partial charge in [0.05, 0.1) is 37.9 Å². The third kappa shape index (κ3) is 4.62. The van der Waals surface area contributed by atoms with Crippen molar-refractivity contribution in [3.8, 4) is 17.1 Å². The molecule has 0 atom stereocenters. The first-order chi connectivity index (χ1) is 18.2. The van der Waals surface area contributed by atoms with E-state index in [1.165, 1.54) is 0 Å². The zero-order chi connectivity index (χ0) is 25.2. The molecule has 2 saturated heterocycles. The predicted octanol–water partition coefficient (Wildman–Crippen LogP) is 3.82. The van der Waals surface area contributed by atoms with Crippen LogP contribution in [0.2, 0.25) is 0 Å². The number of piperidine rings is 1. The number of likely N-dealkylation sites (tertiary alicyclic amines) is 1. The Morgan fingerprint density at radius 2 is 1.68 bits per heavy atom. The zero-order valence-electron chi connectivity index (χ0n) is 20.9. The molecule has 2 aliphatic heterocycles. The monoisotopic (exact) mass is 498 g/mol. The molecular weight excluding hydrogens is 468 g/mol. The van der Waals surface area contributed by atoms with Crippen molar-refractivity contribution in [2.45, 2.75) is 18.9 Å². The van der Waals surface area contributed by atoms with Gasteiger partial charge in [-0.2, -0.15) is 5.10 Å². The van der Waals surface area contributed by atoms with Gasteiger partial charge in [-0.3, -0.25) is 4.79 Å². The fourth-order valence-corrected chi connectivity index (χ4v) is 5.14. The van der Waals surface area contributed by atoms with E-state index in [4.69, 9.17) is 24.5 Å². The molecule has 0 spiro atoms. The highest BCUT2D eigenvalue weighted by atomic mass is 16.5. The van der Waals surface area contributed by atoms with E-state index in [0.717, 1.165) is 54.1 Å². The van der Waals surface area contributed by atoms with Crippen LogP contribution in [0.3, 0.4) is 0 Å². The van der Waals surface area contributed by atoms with Gasteiger partial charge in [-0.25, -0.2) is 14.6 Å². The van der Waals surface area contributed by atoms with Gasteiger partial charge in [0.25, 0.3) is 5.91 Å². The smallest absolute Gasteiger partial charge is 0.253 e. The summed E-state index contributed by atoms with van der Waals surface area (Å²) >= 11 is 0. The van der Waals surface area contributed by atoms with Crippen LogP contribution in [0.4, 0.5) is 5.82 Å². The van der Waals surface area contributed by atoms with Crippen LogP contribution >= 0.6 is 0 Å². The lowest BCUT2D eigenvalue weighted by molar-refractivity contribution is 0.0691. The lowest BCUT2D eigenvalue weighted by Gasteiger charge is -2.32. The van der Waals surface area contributed by atoms with E-state index in [-0.39, 0.29) is 11.9 Å². The molecule has 4 aromatic rings. The van der Waals surface area contributed by atoms with Crippen LogP contribution in [0.1, 0.15) is 29.2 Å². The molecule has 0 aliphatic carbocycles. The van der Waals surface area contributed by atoms with Crippen molar-refractivity contribution >= 4 is 22.8 Å². The molecule has 1 amide bonds. The number of aromatic nitrogens is 4. The summed E-state index contributed by atoms with van der Waals surface area (Å²) < 4.78 is 12.8. The number of ether oxygens (including phenoxy) is 2. The van der Waals surface area contributed by atoms with Gasteiger partial charge in [0.1, 0.15) is 11.6 Å². The van der Waals surface area contributed by atoms with Gasteiger partial charge in [0.2, 0.25) is 0 Å². The minimum Gasteiger partial charge on any atom is -0.497 e. The highest BCUT2D eigenvalue weighted by Crippen LogP contribution is 2.32. The lowest BCUT2D eigenvalue weighted by atomic mass is 10.0. The van der Waals surface area contributed by atoms with E-state index in [2.05, 4.69) is 4.90 Å². The molecule has 6 rings (SSSR count). The third-order valence-electron chi connectivity index (χ3n) is 7.21. The second kappa shape index (κ2) is 10.2. The summed E-state index contributed by atoms with van der Waals surface area (Å²) in [6.45, 7) is 4.28. The van der Waals surface area contributed by atoms with Gasteiger partial charge in [-0.15, -0.1) is 0 Å². The van der Waals surface area contributed by atoms with Crippen LogP contribution in [0.25, 0.3) is 22.4 Å². The minimum atomic E-state index is 0.0507. The standard InChI is InChI=1S/C28H30N6O3/c1-36-23-9-7-21(8-10-23)28(35)33-13-11-22(12-14-33)34-27-24(19-29-34)26(32-15-17-37-18-16-32)30-25(31-27)20-5-3-2-4-6-20/h2-10,19,22H,11-18H2,1H3. The summed E-state index contributed by atoms with van der Waals surface area (Å²) in [7, 11) is 1.62. The van der Waals surface area contributed by atoms with Crippen molar-refractivity contribution in [1.82, 2.24) is 24.6 Å². The van der Waals surface area contributed by atoms with E-state index < -0.39 is 0 Å². The molecule has 37 heavy (non-hydrogen) atoms. The van der Waals surface area contributed by atoms with Gasteiger partial charge >= 0.3 is 0 Å². The highest BCUT2D eigenvalue weighted by Gasteiger charge is 2.28. The van der Waals surface area contributed by atoms with E-state index in [9.17, 15) is 4.79 Å². The Labute approximate surface area is 215 Å². The maximum absolute atomic E-state index is 13.1. The van der Waals surface area contributed by atoms with E-state index in [1.807, 2.05) is 70.4 Å². The number of rotatable bonds is 5. The van der Waals surface area contributed by atoms with Crippen molar-refractivity contribution in [1.29, 1.82) is 0 Å². The number of benzene rings is 2. The third-order valence-corrected chi connectivity index (χ3v) is 7.21. The number of hydrogen-bond acceptors (Lipinski definition) is 7. The van der Waals surface area contributed by atoms with Crippen LogP contribution in [0.15, 0.2) is 60.8 Å². The molecule has 9 nitrogen and oxygen atoms in total. The lowest BCUT2D eigenvalue weighted by Crippen LogP contribution is -2.39. The highest BCUT2D eigenvalue weighted by molar-refractivity contribution is 5.94. The van der Waals surface area contributed by atoms with E-state index in [1.54, 1.807) is 7.11 Å². The molecule has 2 fully saturated rings. The van der Waals surface area contributed by atoms with Crippen molar-refractivity contribution < 1.29 is 14.3 Å². The van der Waals surface area contributed by atoms with Gasteiger partial charge in [0.15, 0.2) is 11.5 Å². The second-order valence-electron chi connectivity index (χ2n) is 9.41. The fourth-order valence-electron chi connectivity index (χ4n) is 5.14. The summed E-state index contributed by atoms with van der Waals surface area (Å²) in [6, 6.07) is 17.5. The van der Waals surface area contributed by atoms with Crippen LogP contribution in [0, 0.1) is 0 Å². The minimum absolute atomic E-state index is 0.0507. The summed E-state index contributed by atoms with van der Waals surface area (Å²) in [5.41, 5.74) is 2.50. The molecule has 4 heterocycles. The first-order valence-corrected chi connectivity index (χ1v) is 12.8. The van der Waals surface area contributed by atoms with Crippen LogP contribution in [-0.2, 0) is 4.74 Å². The molecule has 2 aliphatic rings. The normalized spacial score (nSPS) is 16.8. The summed E-state index contributed by atoms with van der Waals surface area (Å²) in [4.78, 5) is 27.2. The molecule has 0 bridgehead atoms. The van der Waals surface area contributed by atoms with Crippen LogP contribution in [0.5, 0.6) is 5.75 Å².